The highest BCUT2D eigenvalue weighted by Gasteiger charge is 2.74. The Bertz CT molecular complexity index is 4810. The number of carbonyl (C=O) groups excluding carboxylic acids is 21. The Balaban J connectivity index is 0.000000143. The van der Waals surface area contributed by atoms with Crippen molar-refractivity contribution in [2.75, 3.05) is 61.0 Å². The van der Waals surface area contributed by atoms with E-state index in [1.807, 2.05) is 0 Å². The van der Waals surface area contributed by atoms with Crippen LogP contribution >= 0.6 is 0 Å². The average molecular weight is 2000 g/mol. The van der Waals surface area contributed by atoms with Crippen molar-refractivity contribution in [3.63, 3.8) is 0 Å². The molecule has 142 heavy (non-hydrogen) atoms. The predicted octanol–water partition coefficient (Wildman–Crippen LogP) is 5.69. The second kappa shape index (κ2) is 46.6. The van der Waals surface area contributed by atoms with Gasteiger partial charge in [0.2, 0.25) is 0 Å². The van der Waals surface area contributed by atoms with Crippen LogP contribution in [0.15, 0.2) is 73.9 Å². The molecule has 0 aromatic heterocycles. The molecule has 0 aromatic rings. The Hall–Kier alpha value is -12.7. The van der Waals surface area contributed by atoms with Crippen LogP contribution in [0.3, 0.4) is 0 Å². The molecule has 33 atom stereocenters. The predicted molar refractivity (Wildman–Crippen MR) is 470 cm³/mol. The summed E-state index contributed by atoms with van der Waals surface area (Å²) in [6.45, 7) is 27.4. The first-order valence-electron chi connectivity index (χ1n) is 48.2. The molecule has 12 aliphatic carbocycles. The lowest BCUT2D eigenvalue weighted by Gasteiger charge is -2.29. The maximum Gasteiger partial charge on any atom is 0.333 e. The molecule has 18 rings (SSSR count). The third-order valence-corrected chi connectivity index (χ3v) is 30.2. The molecule has 12 saturated carbocycles. The van der Waals surface area contributed by atoms with Gasteiger partial charge in [-0.3, -0.25) is 71.9 Å². The van der Waals surface area contributed by atoms with Crippen molar-refractivity contribution in [3.8, 4) is 0 Å². The van der Waals surface area contributed by atoms with Gasteiger partial charge in [0, 0.05) is 144 Å². The SMILES string of the molecule is C=C(C)C(=O)OCCCC(=O)OC1C2CC3C(=O)OC1C3C2.C=C(C)C(=O)OCCCC(=O)OC1C2CC3C(=O)OC1C3C2.C=C(C)C(=O)OCCCC(=O)OC1C2CC3C1OC(=O)C3C2C(=O)OC.C=C(C)C(=O)OCCCC(=O)OC1C2CC3C1OC(=O)C3C2C(=O)OC.C=CC(=O)OCCCC(=O)OC1C2CC3C(=O)OC1C3C2.C=CC(=O)OCCCC(=O)OC1C2CC3C1OC(=O)C3C2C(=O)OC. The Morgan fingerprint density at radius 1 is 0.275 bits per heavy atom. The molecule has 0 N–H and O–H groups in total. The molecule has 0 spiro atoms. The molecular weight excluding hydrogens is 1870 g/mol. The summed E-state index contributed by atoms with van der Waals surface area (Å²) in [4.78, 5) is 246. The zero-order valence-electron chi connectivity index (χ0n) is 80.2. The molecule has 0 aromatic carbocycles. The summed E-state index contributed by atoms with van der Waals surface area (Å²) in [5.74, 6) is -11.4. The van der Waals surface area contributed by atoms with Gasteiger partial charge in [-0.2, -0.15) is 0 Å². The van der Waals surface area contributed by atoms with Crippen LogP contribution < -0.4 is 0 Å². The Kier molecular flexibility index (Phi) is 35.0. The molecule has 12 bridgehead atoms. The van der Waals surface area contributed by atoms with E-state index in [4.69, 9.17) is 99.5 Å². The van der Waals surface area contributed by atoms with Crippen molar-refractivity contribution in [3.05, 3.63) is 73.9 Å². The van der Waals surface area contributed by atoms with Crippen molar-refractivity contribution in [1.29, 1.82) is 0 Å². The monoisotopic (exact) mass is 1990 g/mol. The van der Waals surface area contributed by atoms with Crippen LogP contribution in [0.5, 0.6) is 0 Å². The number of hydrogen-bond donors (Lipinski definition) is 0. The number of esters is 21. The number of methoxy groups -OCH3 is 3. The molecule has 42 nitrogen and oxygen atoms in total. The summed E-state index contributed by atoms with van der Waals surface area (Å²) >= 11 is 0. The van der Waals surface area contributed by atoms with Gasteiger partial charge in [0.1, 0.15) is 73.2 Å². The zero-order valence-corrected chi connectivity index (χ0v) is 80.2. The smallest absolute Gasteiger partial charge is 0.333 e. The fraction of sp³-hybridized carbons (Fsp3) is 0.670. The molecule has 33 unspecified atom stereocenters. The molecule has 774 valence electrons. The summed E-state index contributed by atoms with van der Waals surface area (Å²) in [6.07, 6.45) is 6.94. The average Bonchev–Trinajstić information content (AvgIpc) is 1.55. The summed E-state index contributed by atoms with van der Waals surface area (Å²) in [7, 11) is 3.83. The normalized spacial score (nSPS) is 34.2. The van der Waals surface area contributed by atoms with Crippen LogP contribution in [0.2, 0.25) is 0 Å². The Morgan fingerprint density at radius 3 is 0.690 bits per heavy atom. The van der Waals surface area contributed by atoms with Gasteiger partial charge in [0.15, 0.2) is 0 Å². The number of ether oxygens (including phenoxy) is 21. The minimum atomic E-state index is -0.628. The fourth-order valence-corrected chi connectivity index (χ4v) is 24.2. The van der Waals surface area contributed by atoms with Crippen molar-refractivity contribution in [2.45, 2.75) is 236 Å². The Morgan fingerprint density at radius 2 is 0.479 bits per heavy atom. The molecule has 6 saturated heterocycles. The Labute approximate surface area is 816 Å². The van der Waals surface area contributed by atoms with E-state index >= 15 is 0 Å². The van der Waals surface area contributed by atoms with Crippen molar-refractivity contribution in [1.82, 2.24) is 0 Å². The van der Waals surface area contributed by atoms with E-state index in [0.29, 0.717) is 80.1 Å². The minimum Gasteiger partial charge on any atom is -0.469 e. The van der Waals surface area contributed by atoms with Crippen molar-refractivity contribution >= 4 is 125 Å². The second-order valence-electron chi connectivity index (χ2n) is 39.1. The fourth-order valence-electron chi connectivity index (χ4n) is 24.2. The van der Waals surface area contributed by atoms with Gasteiger partial charge in [-0.25, -0.2) is 28.8 Å². The largest absolute Gasteiger partial charge is 0.469 e. The summed E-state index contributed by atoms with van der Waals surface area (Å²) in [5, 5.41) is 0. The number of hydrogen-bond acceptors (Lipinski definition) is 42. The second-order valence-corrected chi connectivity index (χ2v) is 39.1. The first-order valence-corrected chi connectivity index (χ1v) is 48.2. The lowest BCUT2D eigenvalue weighted by atomic mass is 9.78. The van der Waals surface area contributed by atoms with Gasteiger partial charge >= 0.3 is 125 Å². The first kappa shape index (κ1) is 107. The van der Waals surface area contributed by atoms with E-state index in [2.05, 4.69) is 39.5 Å². The summed E-state index contributed by atoms with van der Waals surface area (Å²) < 4.78 is 109. The highest BCUT2D eigenvalue weighted by Crippen LogP contribution is 2.63. The van der Waals surface area contributed by atoms with Crippen LogP contribution in [-0.2, 0) is 200 Å². The standard InChI is InChI=1S/2C18H22O8.C17H20O8.2C16H20O6.C15H18O6/c2*1-8(2)16(20)24-6-4-5-11(19)25-14-9-7-10-13(12(9)17(21)23-3)18(22)26-15(10)14;1-3-10(18)23-6-4-5-11(19)24-14-8-7-9-13(12(8)16(20)22-2)17(21)25-15(9)14;2*1-8(2)15(18)20-5-3-4-12(17)21-13-9-6-10-11(7-9)16(19)22-14(10)13;1-2-11(16)19-5-3-4-12(17)20-13-8-6-9-10(7-8)15(18)21-14(9)13/h2*9-10,12-15H,1,4-7H2,2-3H3;3,8-9,12-15H,1,4-7H2,2H3;2*9-11,13-14H,1,3-7H2,2H3;2,8-10,13-14H,1,3-7H2. The van der Waals surface area contributed by atoms with Gasteiger partial charge in [0.25, 0.3) is 0 Å². The molecule has 6 heterocycles. The maximum atomic E-state index is 12.1. The van der Waals surface area contributed by atoms with Gasteiger partial charge in [-0.15, -0.1) is 0 Å². The highest BCUT2D eigenvalue weighted by molar-refractivity contribution is 5.91. The van der Waals surface area contributed by atoms with Crippen molar-refractivity contribution in [2.24, 2.45) is 124 Å². The van der Waals surface area contributed by atoms with Gasteiger partial charge in [0.05, 0.1) is 114 Å². The molecular formula is C100H122O42. The van der Waals surface area contributed by atoms with E-state index in [1.165, 1.54) is 21.3 Å². The van der Waals surface area contributed by atoms with Crippen LogP contribution in [0, 0.1) is 124 Å². The van der Waals surface area contributed by atoms with Gasteiger partial charge < -0.3 is 99.5 Å². The number of carbonyl (C=O) groups is 21. The minimum absolute atomic E-state index is 0.0199. The van der Waals surface area contributed by atoms with Crippen LogP contribution in [0.4, 0.5) is 0 Å². The molecule has 0 amide bonds. The topological polar surface area (TPSA) is 552 Å². The van der Waals surface area contributed by atoms with Crippen LogP contribution in [-0.4, -0.2) is 260 Å². The van der Waals surface area contributed by atoms with Crippen LogP contribution in [0.1, 0.15) is 163 Å². The van der Waals surface area contributed by atoms with Gasteiger partial charge in [-0.1, -0.05) is 39.5 Å². The first-order chi connectivity index (χ1) is 67.7. The summed E-state index contributed by atoms with van der Waals surface area (Å²) in [6, 6.07) is 0. The van der Waals surface area contributed by atoms with E-state index in [-0.39, 0.29) is 239 Å². The van der Waals surface area contributed by atoms with Crippen molar-refractivity contribution < 1.29 is 200 Å². The van der Waals surface area contributed by atoms with E-state index in [9.17, 15) is 101 Å². The lowest BCUT2D eigenvalue weighted by Crippen LogP contribution is -2.43. The maximum absolute atomic E-state index is 12.1. The lowest BCUT2D eigenvalue weighted by molar-refractivity contribution is -0.165. The molecule has 0 radical (unpaired) electrons. The van der Waals surface area contributed by atoms with Gasteiger partial charge in [-0.05, 0) is 124 Å². The van der Waals surface area contributed by atoms with E-state index in [0.717, 1.165) is 50.7 Å². The zero-order chi connectivity index (χ0) is 103. The van der Waals surface area contributed by atoms with E-state index in [1.54, 1.807) is 27.7 Å². The number of fused-ring (bicyclic) bond motifs is 6. The molecule has 6 aliphatic heterocycles. The third kappa shape index (κ3) is 23.3. The molecule has 18 fully saturated rings. The quantitative estimate of drug-likeness (QED) is 0.0308. The van der Waals surface area contributed by atoms with Crippen LogP contribution in [0.25, 0.3) is 0 Å². The summed E-state index contributed by atoms with van der Waals surface area (Å²) in [5.41, 5.74) is 1.26. The third-order valence-electron chi connectivity index (χ3n) is 30.2. The molecule has 18 aliphatic rings. The number of rotatable bonds is 39. The highest BCUT2D eigenvalue weighted by atomic mass is 16.7. The van der Waals surface area contributed by atoms with E-state index < -0.39 is 162 Å². The molecule has 42 heteroatoms.